The van der Waals surface area contributed by atoms with Gasteiger partial charge in [0.25, 0.3) is 5.91 Å². The van der Waals surface area contributed by atoms with Crippen LogP contribution in [0.15, 0.2) is 21.6 Å². The molecule has 1 saturated carbocycles. The van der Waals surface area contributed by atoms with Crippen molar-refractivity contribution in [3.63, 3.8) is 0 Å². The van der Waals surface area contributed by atoms with Gasteiger partial charge in [0.2, 0.25) is 15.9 Å². The van der Waals surface area contributed by atoms with E-state index in [-0.39, 0.29) is 40.8 Å². The Morgan fingerprint density at radius 2 is 2.03 bits per heavy atom. The Balaban J connectivity index is 1.63. The van der Waals surface area contributed by atoms with Gasteiger partial charge in [-0.05, 0) is 18.9 Å². The van der Waals surface area contributed by atoms with Crippen molar-refractivity contribution in [2.75, 3.05) is 11.5 Å². The maximum atomic E-state index is 12.9. The van der Waals surface area contributed by atoms with E-state index in [1.165, 1.54) is 17.0 Å². The van der Waals surface area contributed by atoms with Crippen LogP contribution in [0, 0.1) is 6.92 Å². The molecule has 11 heteroatoms. The molecule has 4 rings (SSSR count). The van der Waals surface area contributed by atoms with Gasteiger partial charge in [-0.3, -0.25) is 9.69 Å². The number of carbonyl (C=O) groups is 1. The third-order valence-corrected chi connectivity index (χ3v) is 7.03. The summed E-state index contributed by atoms with van der Waals surface area (Å²) in [5.74, 6) is 0.662. The number of nitrogens with one attached hydrogen (secondary N) is 1. The molecule has 156 valence electrons. The lowest BCUT2D eigenvalue weighted by atomic mass is 9.96. The standard InChI is InChI=1S/C18H21ClN4O5S/c1-11-20-17(21-28-11)9-23-14-7-13(19)16(8-15(14)27-10-18(23)24)29(25,26)22-12-5-3-2-4-6-12/h7-8,12,22H,2-6,9-10H2,1H3. The summed E-state index contributed by atoms with van der Waals surface area (Å²) < 4.78 is 38.9. The first-order valence-electron chi connectivity index (χ1n) is 9.42. The summed E-state index contributed by atoms with van der Waals surface area (Å²) in [4.78, 5) is 17.8. The Bertz CT molecular complexity index is 1030. The van der Waals surface area contributed by atoms with Crippen molar-refractivity contribution in [1.29, 1.82) is 0 Å². The van der Waals surface area contributed by atoms with E-state index in [1.807, 2.05) is 0 Å². The van der Waals surface area contributed by atoms with Crippen LogP contribution in [0.5, 0.6) is 5.75 Å². The lowest BCUT2D eigenvalue weighted by Crippen LogP contribution is -2.39. The number of carbonyl (C=O) groups excluding carboxylic acids is 1. The zero-order valence-electron chi connectivity index (χ0n) is 15.9. The molecular weight excluding hydrogens is 420 g/mol. The molecule has 2 aliphatic rings. The number of anilines is 1. The van der Waals surface area contributed by atoms with Gasteiger partial charge in [0.15, 0.2) is 12.4 Å². The molecule has 1 aliphatic carbocycles. The fourth-order valence-corrected chi connectivity index (χ4v) is 5.47. The quantitative estimate of drug-likeness (QED) is 0.759. The van der Waals surface area contributed by atoms with Crippen LogP contribution >= 0.6 is 11.6 Å². The summed E-state index contributed by atoms with van der Waals surface area (Å²) in [5.41, 5.74) is 0.366. The van der Waals surface area contributed by atoms with Crippen molar-refractivity contribution >= 4 is 33.2 Å². The first-order valence-corrected chi connectivity index (χ1v) is 11.3. The largest absolute Gasteiger partial charge is 0.482 e. The summed E-state index contributed by atoms with van der Waals surface area (Å²) in [6, 6.07) is 2.70. The SMILES string of the molecule is Cc1nc(CN2C(=O)COc3cc(S(=O)(=O)NC4CCCCC4)c(Cl)cc32)no1. The Labute approximate surface area is 173 Å². The number of fused-ring (bicyclic) bond motifs is 1. The van der Waals surface area contributed by atoms with Gasteiger partial charge in [-0.25, -0.2) is 13.1 Å². The minimum Gasteiger partial charge on any atom is -0.482 e. The molecule has 0 unspecified atom stereocenters. The Kier molecular flexibility index (Phi) is 5.50. The van der Waals surface area contributed by atoms with E-state index in [2.05, 4.69) is 14.9 Å². The predicted octanol–water partition coefficient (Wildman–Crippen LogP) is 2.57. The number of nitrogens with zero attached hydrogens (tertiary/aromatic N) is 3. The molecule has 1 N–H and O–H groups in total. The van der Waals surface area contributed by atoms with Crippen LogP contribution in [0.4, 0.5) is 5.69 Å². The number of rotatable bonds is 5. The van der Waals surface area contributed by atoms with Crippen molar-refractivity contribution in [2.24, 2.45) is 0 Å². The van der Waals surface area contributed by atoms with Crippen LogP contribution in [0.1, 0.15) is 43.8 Å². The van der Waals surface area contributed by atoms with E-state index < -0.39 is 10.0 Å². The minimum atomic E-state index is -3.82. The highest BCUT2D eigenvalue weighted by molar-refractivity contribution is 7.89. The van der Waals surface area contributed by atoms with E-state index in [1.54, 1.807) is 6.92 Å². The molecule has 0 radical (unpaired) electrons. The second kappa shape index (κ2) is 7.92. The van der Waals surface area contributed by atoms with Crippen LogP contribution in [0.25, 0.3) is 0 Å². The van der Waals surface area contributed by atoms with Crippen molar-refractivity contribution < 1.29 is 22.5 Å². The highest BCUT2D eigenvalue weighted by atomic mass is 35.5. The molecule has 2 aromatic rings. The molecule has 29 heavy (non-hydrogen) atoms. The highest BCUT2D eigenvalue weighted by Crippen LogP contribution is 2.39. The average molecular weight is 441 g/mol. The van der Waals surface area contributed by atoms with Gasteiger partial charge in [-0.1, -0.05) is 36.0 Å². The van der Waals surface area contributed by atoms with Gasteiger partial charge in [-0.15, -0.1) is 0 Å². The number of hydrogen-bond donors (Lipinski definition) is 1. The first kappa shape index (κ1) is 20.1. The van der Waals surface area contributed by atoms with Gasteiger partial charge in [0.05, 0.1) is 17.3 Å². The van der Waals surface area contributed by atoms with Gasteiger partial charge < -0.3 is 9.26 Å². The lowest BCUT2D eigenvalue weighted by molar-refractivity contribution is -0.121. The molecule has 1 aromatic heterocycles. The van der Waals surface area contributed by atoms with Gasteiger partial charge in [0, 0.05) is 19.0 Å². The molecule has 1 aliphatic heterocycles. The fraction of sp³-hybridized carbons (Fsp3) is 0.500. The fourth-order valence-electron chi connectivity index (χ4n) is 3.63. The Hall–Kier alpha value is -2.17. The molecule has 0 saturated heterocycles. The highest BCUT2D eigenvalue weighted by Gasteiger charge is 2.31. The molecule has 2 heterocycles. The Morgan fingerprint density at radius 1 is 1.28 bits per heavy atom. The summed E-state index contributed by atoms with van der Waals surface area (Å²) in [6.07, 6.45) is 4.74. The van der Waals surface area contributed by atoms with Crippen LogP contribution in [-0.2, 0) is 21.4 Å². The van der Waals surface area contributed by atoms with Crippen molar-refractivity contribution in [2.45, 2.75) is 56.5 Å². The number of benzene rings is 1. The van der Waals surface area contributed by atoms with Crippen LogP contribution in [-0.4, -0.2) is 37.1 Å². The monoisotopic (exact) mass is 440 g/mol. The summed E-state index contributed by atoms with van der Waals surface area (Å²) in [5, 5.41) is 3.82. The molecule has 9 nitrogen and oxygen atoms in total. The average Bonchev–Trinajstić information content (AvgIpc) is 3.09. The number of halogens is 1. The molecule has 1 aromatic carbocycles. The van der Waals surface area contributed by atoms with Crippen LogP contribution < -0.4 is 14.4 Å². The van der Waals surface area contributed by atoms with Crippen molar-refractivity contribution in [3.05, 3.63) is 28.9 Å². The second-order valence-electron chi connectivity index (χ2n) is 7.20. The van der Waals surface area contributed by atoms with E-state index in [0.29, 0.717) is 17.4 Å². The predicted molar refractivity (Wildman–Crippen MR) is 104 cm³/mol. The first-order chi connectivity index (χ1) is 13.8. The summed E-state index contributed by atoms with van der Waals surface area (Å²) >= 11 is 6.32. The zero-order chi connectivity index (χ0) is 20.6. The molecular formula is C18H21ClN4O5S. The maximum Gasteiger partial charge on any atom is 0.265 e. The van der Waals surface area contributed by atoms with E-state index in [4.69, 9.17) is 20.9 Å². The molecule has 0 spiro atoms. The topological polar surface area (TPSA) is 115 Å². The number of amides is 1. The number of aromatic nitrogens is 2. The zero-order valence-corrected chi connectivity index (χ0v) is 17.4. The molecule has 0 atom stereocenters. The van der Waals surface area contributed by atoms with E-state index >= 15 is 0 Å². The second-order valence-corrected chi connectivity index (χ2v) is 9.29. The third-order valence-electron chi connectivity index (χ3n) is 5.04. The van der Waals surface area contributed by atoms with Crippen LogP contribution in [0.2, 0.25) is 5.02 Å². The normalized spacial score (nSPS) is 17.9. The lowest BCUT2D eigenvalue weighted by Gasteiger charge is -2.29. The van der Waals surface area contributed by atoms with E-state index in [9.17, 15) is 13.2 Å². The smallest absolute Gasteiger partial charge is 0.265 e. The van der Waals surface area contributed by atoms with Crippen molar-refractivity contribution in [1.82, 2.24) is 14.9 Å². The van der Waals surface area contributed by atoms with Gasteiger partial charge in [-0.2, -0.15) is 4.98 Å². The Morgan fingerprint density at radius 3 is 2.72 bits per heavy atom. The van der Waals surface area contributed by atoms with Gasteiger partial charge >= 0.3 is 0 Å². The number of aryl methyl sites for hydroxylation is 1. The molecule has 1 fully saturated rings. The number of sulfonamides is 1. The molecule has 1 amide bonds. The summed E-state index contributed by atoms with van der Waals surface area (Å²) in [7, 11) is -3.82. The third kappa shape index (κ3) is 4.24. The summed E-state index contributed by atoms with van der Waals surface area (Å²) in [6.45, 7) is 1.50. The number of ether oxygens (including phenoxy) is 1. The van der Waals surface area contributed by atoms with Crippen LogP contribution in [0.3, 0.4) is 0 Å². The minimum absolute atomic E-state index is 0.0136. The van der Waals surface area contributed by atoms with Gasteiger partial charge in [0.1, 0.15) is 10.6 Å². The number of hydrogen-bond acceptors (Lipinski definition) is 7. The maximum absolute atomic E-state index is 12.9. The van der Waals surface area contributed by atoms with E-state index in [0.717, 1.165) is 32.1 Å². The molecule has 0 bridgehead atoms. The van der Waals surface area contributed by atoms with Crippen molar-refractivity contribution in [3.8, 4) is 5.75 Å².